The fourth-order valence-corrected chi connectivity index (χ4v) is 2.88. The van der Waals surface area contributed by atoms with Gasteiger partial charge in [-0.05, 0) is 25.1 Å². The number of nitrogens with zero attached hydrogens (tertiary/aromatic N) is 4. The van der Waals surface area contributed by atoms with Crippen molar-refractivity contribution in [1.82, 2.24) is 15.3 Å². The van der Waals surface area contributed by atoms with Crippen molar-refractivity contribution in [3.63, 3.8) is 0 Å². The van der Waals surface area contributed by atoms with Crippen molar-refractivity contribution >= 4 is 17.5 Å². The highest BCUT2D eigenvalue weighted by Crippen LogP contribution is 2.20. The van der Waals surface area contributed by atoms with Gasteiger partial charge in [0.25, 0.3) is 0 Å². The first-order valence-corrected chi connectivity index (χ1v) is 8.53. The monoisotopic (exact) mass is 340 g/mol. The zero-order valence-corrected chi connectivity index (χ0v) is 14.4. The van der Waals surface area contributed by atoms with Gasteiger partial charge in [0.1, 0.15) is 11.6 Å². The first-order chi connectivity index (χ1) is 12.1. The second kappa shape index (κ2) is 7.94. The smallest absolute Gasteiger partial charge is 0.236 e. The molecule has 1 aliphatic rings. The Labute approximate surface area is 147 Å². The molecule has 3 heterocycles. The minimum absolute atomic E-state index is 0.158. The van der Waals surface area contributed by atoms with Crippen LogP contribution in [-0.4, -0.2) is 48.1 Å². The number of rotatable bonds is 5. The number of hydrogen-bond donors (Lipinski definition) is 2. The number of carbonyl (C=O) groups excluding carboxylic acids is 1. The molecule has 3 N–H and O–H groups in total. The highest BCUT2D eigenvalue weighted by molar-refractivity contribution is 5.81. The molecule has 3 rings (SSSR count). The van der Waals surface area contributed by atoms with E-state index < -0.39 is 6.04 Å². The summed E-state index contributed by atoms with van der Waals surface area (Å²) in [5.74, 6) is 1.77. The molecule has 7 heteroatoms. The summed E-state index contributed by atoms with van der Waals surface area (Å²) in [5.41, 5.74) is 6.60. The summed E-state index contributed by atoms with van der Waals surface area (Å²) >= 11 is 0. The number of hydrogen-bond acceptors (Lipinski definition) is 6. The van der Waals surface area contributed by atoms with E-state index in [9.17, 15) is 4.79 Å². The zero-order valence-electron chi connectivity index (χ0n) is 14.4. The fourth-order valence-electron chi connectivity index (χ4n) is 2.88. The molecule has 1 fully saturated rings. The second-order valence-electron chi connectivity index (χ2n) is 6.15. The molecule has 25 heavy (non-hydrogen) atoms. The number of amides is 1. The molecule has 1 aliphatic heterocycles. The van der Waals surface area contributed by atoms with E-state index in [-0.39, 0.29) is 5.91 Å². The summed E-state index contributed by atoms with van der Waals surface area (Å²) < 4.78 is 0. The van der Waals surface area contributed by atoms with E-state index in [1.54, 1.807) is 13.1 Å². The van der Waals surface area contributed by atoms with Gasteiger partial charge in [0.2, 0.25) is 5.91 Å². The topological polar surface area (TPSA) is 87.4 Å². The quantitative estimate of drug-likeness (QED) is 0.836. The molecule has 0 spiro atoms. The maximum Gasteiger partial charge on any atom is 0.236 e. The van der Waals surface area contributed by atoms with Crippen LogP contribution in [0.3, 0.4) is 0 Å². The van der Waals surface area contributed by atoms with Crippen LogP contribution >= 0.6 is 0 Å². The van der Waals surface area contributed by atoms with Crippen molar-refractivity contribution in [3.8, 4) is 0 Å². The number of anilines is 2. The summed E-state index contributed by atoms with van der Waals surface area (Å²) in [7, 11) is 0. The molecular weight excluding hydrogens is 316 g/mol. The number of nitrogens with two attached hydrogens (primary N) is 1. The van der Waals surface area contributed by atoms with Gasteiger partial charge in [-0.15, -0.1) is 0 Å². The molecule has 0 aliphatic carbocycles. The summed E-state index contributed by atoms with van der Waals surface area (Å²) in [6.07, 6.45) is 3.61. The fraction of sp³-hybridized carbons (Fsp3) is 0.389. The standard InChI is InChI=1S/C18H24N6O/c1-14(19)18(25)22-13-15-5-4-8-21-17(15)24-11-9-23(10-12-24)16-6-2-3-7-20-16/h2-8,14H,9-13,19H2,1H3,(H,22,25)/t14-/m0/s1. The molecule has 0 aromatic carbocycles. The lowest BCUT2D eigenvalue weighted by Gasteiger charge is -2.36. The van der Waals surface area contributed by atoms with E-state index >= 15 is 0 Å². The molecule has 0 bridgehead atoms. The summed E-state index contributed by atoms with van der Waals surface area (Å²) in [4.78, 5) is 25.2. The SMILES string of the molecule is C[C@H](N)C(=O)NCc1cccnc1N1CCN(c2ccccn2)CC1. The van der Waals surface area contributed by atoms with Crippen LogP contribution < -0.4 is 20.9 Å². The predicted molar refractivity (Wildman–Crippen MR) is 98.4 cm³/mol. The van der Waals surface area contributed by atoms with E-state index in [0.717, 1.165) is 43.4 Å². The lowest BCUT2D eigenvalue weighted by Crippen LogP contribution is -2.47. The van der Waals surface area contributed by atoms with Gasteiger partial charge >= 0.3 is 0 Å². The Hall–Kier alpha value is -2.67. The molecule has 0 unspecified atom stereocenters. The molecular formula is C18H24N6O. The Morgan fingerprint density at radius 2 is 1.84 bits per heavy atom. The molecule has 132 valence electrons. The lowest BCUT2D eigenvalue weighted by atomic mass is 10.2. The van der Waals surface area contributed by atoms with Crippen molar-refractivity contribution in [3.05, 3.63) is 48.3 Å². The lowest BCUT2D eigenvalue weighted by molar-refractivity contribution is -0.122. The number of nitrogens with one attached hydrogen (secondary N) is 1. The van der Waals surface area contributed by atoms with Crippen molar-refractivity contribution < 1.29 is 4.79 Å². The molecule has 0 saturated carbocycles. The van der Waals surface area contributed by atoms with Crippen molar-refractivity contribution in [2.24, 2.45) is 5.73 Å². The van der Waals surface area contributed by atoms with Gasteiger partial charge in [-0.2, -0.15) is 0 Å². The number of aromatic nitrogens is 2. The number of carbonyl (C=O) groups is 1. The molecule has 1 saturated heterocycles. The van der Waals surface area contributed by atoms with E-state index in [0.29, 0.717) is 6.54 Å². The maximum absolute atomic E-state index is 11.7. The molecule has 7 nitrogen and oxygen atoms in total. The molecule has 2 aromatic heterocycles. The van der Waals surface area contributed by atoms with Crippen molar-refractivity contribution in [2.75, 3.05) is 36.0 Å². The summed E-state index contributed by atoms with van der Waals surface area (Å²) in [6.45, 7) is 5.61. The van der Waals surface area contributed by atoms with E-state index in [2.05, 4.69) is 25.1 Å². The molecule has 1 amide bonds. The Balaban J connectivity index is 1.64. The van der Waals surface area contributed by atoms with Crippen LogP contribution in [0.1, 0.15) is 12.5 Å². The van der Waals surface area contributed by atoms with Gasteiger partial charge in [0.15, 0.2) is 0 Å². The third kappa shape index (κ3) is 4.24. The molecule has 1 atom stereocenters. The first-order valence-electron chi connectivity index (χ1n) is 8.53. The van der Waals surface area contributed by atoms with Gasteiger partial charge in [-0.3, -0.25) is 4.79 Å². The summed E-state index contributed by atoms with van der Waals surface area (Å²) in [6, 6.07) is 9.34. The van der Waals surface area contributed by atoms with Crippen LogP contribution in [0, 0.1) is 0 Å². The zero-order chi connectivity index (χ0) is 17.6. The largest absolute Gasteiger partial charge is 0.353 e. The predicted octanol–water partition coefficient (Wildman–Crippen LogP) is 0.767. The summed E-state index contributed by atoms with van der Waals surface area (Å²) in [5, 5.41) is 2.86. The average Bonchev–Trinajstić information content (AvgIpc) is 2.67. The highest BCUT2D eigenvalue weighted by Gasteiger charge is 2.21. The van der Waals surface area contributed by atoms with E-state index in [4.69, 9.17) is 5.73 Å². The van der Waals surface area contributed by atoms with Gasteiger partial charge in [0, 0.05) is 50.7 Å². The molecule has 2 aromatic rings. The first kappa shape index (κ1) is 17.2. The van der Waals surface area contributed by atoms with Gasteiger partial charge < -0.3 is 20.9 Å². The maximum atomic E-state index is 11.7. The van der Waals surface area contributed by atoms with Crippen LogP contribution in [0.4, 0.5) is 11.6 Å². The Kier molecular flexibility index (Phi) is 5.45. The van der Waals surface area contributed by atoms with Crippen LogP contribution in [-0.2, 0) is 11.3 Å². The number of piperazine rings is 1. The van der Waals surface area contributed by atoms with Crippen LogP contribution in [0.2, 0.25) is 0 Å². The third-order valence-electron chi connectivity index (χ3n) is 4.29. The number of pyridine rings is 2. The third-order valence-corrected chi connectivity index (χ3v) is 4.29. The van der Waals surface area contributed by atoms with Gasteiger partial charge in [-0.25, -0.2) is 9.97 Å². The van der Waals surface area contributed by atoms with Crippen molar-refractivity contribution in [2.45, 2.75) is 19.5 Å². The average molecular weight is 340 g/mol. The Bertz CT molecular complexity index is 698. The highest BCUT2D eigenvalue weighted by atomic mass is 16.2. The van der Waals surface area contributed by atoms with Crippen molar-refractivity contribution in [1.29, 1.82) is 0 Å². The van der Waals surface area contributed by atoms with E-state index in [1.165, 1.54) is 0 Å². The van der Waals surface area contributed by atoms with Crippen LogP contribution in [0.5, 0.6) is 0 Å². The molecule has 0 radical (unpaired) electrons. The van der Waals surface area contributed by atoms with Crippen LogP contribution in [0.25, 0.3) is 0 Å². The minimum Gasteiger partial charge on any atom is -0.353 e. The van der Waals surface area contributed by atoms with Gasteiger partial charge in [0.05, 0.1) is 6.04 Å². The second-order valence-corrected chi connectivity index (χ2v) is 6.15. The van der Waals surface area contributed by atoms with E-state index in [1.807, 2.05) is 36.5 Å². The normalized spacial score (nSPS) is 15.8. The Morgan fingerprint density at radius 3 is 2.52 bits per heavy atom. The Morgan fingerprint density at radius 1 is 1.12 bits per heavy atom. The van der Waals surface area contributed by atoms with Crippen LogP contribution in [0.15, 0.2) is 42.7 Å². The van der Waals surface area contributed by atoms with Gasteiger partial charge in [-0.1, -0.05) is 12.1 Å². The minimum atomic E-state index is -0.512.